The van der Waals surface area contributed by atoms with Crippen LogP contribution in [0.15, 0.2) is 36.4 Å². The van der Waals surface area contributed by atoms with Gasteiger partial charge in [0.2, 0.25) is 5.91 Å². The molecule has 0 aliphatic carbocycles. The summed E-state index contributed by atoms with van der Waals surface area (Å²) in [5, 5.41) is 2.80. The van der Waals surface area contributed by atoms with Gasteiger partial charge in [-0.1, -0.05) is 19.1 Å². The number of pyridine rings is 1. The Morgan fingerprint density at radius 2 is 1.92 bits per heavy atom. The van der Waals surface area contributed by atoms with Crippen molar-refractivity contribution in [3.63, 3.8) is 0 Å². The molecule has 0 bridgehead atoms. The number of nitrogens with two attached hydrogens (primary N) is 1. The normalized spacial score (nSPS) is 15.2. The minimum Gasteiger partial charge on any atom is -0.474 e. The van der Waals surface area contributed by atoms with Crippen molar-refractivity contribution in [1.82, 2.24) is 4.98 Å². The van der Waals surface area contributed by atoms with Crippen molar-refractivity contribution in [2.75, 3.05) is 22.5 Å². The lowest BCUT2D eigenvalue weighted by Crippen LogP contribution is -2.54. The largest absolute Gasteiger partial charge is 0.474 e. The van der Waals surface area contributed by atoms with Gasteiger partial charge in [-0.05, 0) is 50.1 Å². The Kier molecular flexibility index (Phi) is 4.54. The summed E-state index contributed by atoms with van der Waals surface area (Å²) in [6.07, 6.45) is 0.926. The highest BCUT2D eigenvalue weighted by molar-refractivity contribution is 6.07. The van der Waals surface area contributed by atoms with Crippen LogP contribution in [0.1, 0.15) is 26.3 Å². The third-order valence-corrected chi connectivity index (χ3v) is 4.19. The van der Waals surface area contributed by atoms with E-state index in [2.05, 4.69) is 17.2 Å². The first kappa shape index (κ1) is 17.7. The van der Waals surface area contributed by atoms with Crippen LogP contribution in [-0.2, 0) is 16.0 Å². The number of nitrogens with one attached hydrogen (secondary N) is 1. The predicted molar refractivity (Wildman–Crippen MR) is 100 cm³/mol. The molecule has 7 nitrogen and oxygen atoms in total. The zero-order valence-electron chi connectivity index (χ0n) is 15.1. The lowest BCUT2D eigenvalue weighted by molar-refractivity contribution is -0.133. The van der Waals surface area contributed by atoms with Crippen molar-refractivity contribution < 1.29 is 14.3 Å². The average molecular weight is 354 g/mol. The molecule has 0 spiro atoms. The number of nitrogen functional groups attached to an aromatic ring is 1. The molecule has 1 aliphatic rings. The van der Waals surface area contributed by atoms with E-state index in [-0.39, 0.29) is 30.0 Å². The molecule has 2 aromatic rings. The summed E-state index contributed by atoms with van der Waals surface area (Å²) in [6.45, 7) is 5.20. The minimum atomic E-state index is -1.09. The van der Waals surface area contributed by atoms with Gasteiger partial charge < -0.3 is 15.8 Å². The summed E-state index contributed by atoms with van der Waals surface area (Å²) >= 11 is 0. The Morgan fingerprint density at radius 1 is 1.23 bits per heavy atom. The molecule has 0 radical (unpaired) electrons. The Bertz CT molecular complexity index is 846. The van der Waals surface area contributed by atoms with E-state index in [1.807, 2.05) is 24.3 Å². The van der Waals surface area contributed by atoms with Gasteiger partial charge in [0.15, 0.2) is 17.2 Å². The van der Waals surface area contributed by atoms with Crippen molar-refractivity contribution in [3.05, 3.63) is 42.0 Å². The lowest BCUT2D eigenvalue weighted by atomic mass is 10.1. The first-order valence-electron chi connectivity index (χ1n) is 8.46. The molecule has 0 saturated heterocycles. The molecule has 26 heavy (non-hydrogen) atoms. The van der Waals surface area contributed by atoms with Crippen LogP contribution in [-0.4, -0.2) is 28.9 Å². The lowest BCUT2D eigenvalue weighted by Gasteiger charge is -2.37. The maximum atomic E-state index is 12.7. The van der Waals surface area contributed by atoms with Crippen LogP contribution < -0.4 is 20.7 Å². The number of fused-ring (bicyclic) bond motifs is 1. The molecule has 2 amide bonds. The van der Waals surface area contributed by atoms with Crippen LogP contribution >= 0.6 is 0 Å². The molecule has 1 aromatic heterocycles. The van der Waals surface area contributed by atoms with E-state index in [1.165, 1.54) is 10.5 Å². The number of anilines is 3. The van der Waals surface area contributed by atoms with Gasteiger partial charge in [0.25, 0.3) is 5.91 Å². The molecule has 7 heteroatoms. The fourth-order valence-corrected chi connectivity index (χ4v) is 2.78. The first-order valence-corrected chi connectivity index (χ1v) is 8.46. The third-order valence-electron chi connectivity index (χ3n) is 4.19. The Balaban J connectivity index is 1.81. The molecular formula is C19H22N4O3. The quantitative estimate of drug-likeness (QED) is 0.878. The highest BCUT2D eigenvalue weighted by Gasteiger charge is 2.42. The number of hydrogen-bond acceptors (Lipinski definition) is 5. The highest BCUT2D eigenvalue weighted by Crippen LogP contribution is 2.36. The van der Waals surface area contributed by atoms with Crippen LogP contribution in [0.3, 0.4) is 0 Å². The summed E-state index contributed by atoms with van der Waals surface area (Å²) in [4.78, 5) is 30.7. The number of carbonyl (C=O) groups excluding carboxylic acids is 2. The third kappa shape index (κ3) is 3.46. The Labute approximate surface area is 152 Å². The minimum absolute atomic E-state index is 0.176. The van der Waals surface area contributed by atoms with Crippen LogP contribution in [0.4, 0.5) is 17.3 Å². The monoisotopic (exact) mass is 354 g/mol. The Morgan fingerprint density at radius 3 is 2.58 bits per heavy atom. The molecule has 2 heterocycles. The maximum absolute atomic E-state index is 12.7. The smallest absolute Gasteiger partial charge is 0.272 e. The summed E-state index contributed by atoms with van der Waals surface area (Å²) in [7, 11) is 0. The van der Waals surface area contributed by atoms with Crippen molar-refractivity contribution in [2.45, 2.75) is 32.8 Å². The summed E-state index contributed by atoms with van der Waals surface area (Å²) in [5.41, 5.74) is 6.50. The molecule has 1 aliphatic heterocycles. The van der Waals surface area contributed by atoms with Gasteiger partial charge in [0, 0.05) is 5.69 Å². The fraction of sp³-hybridized carbons (Fsp3) is 0.316. The molecule has 0 atom stereocenters. The van der Waals surface area contributed by atoms with Gasteiger partial charge >= 0.3 is 0 Å². The van der Waals surface area contributed by atoms with Gasteiger partial charge in [0.05, 0.1) is 0 Å². The second-order valence-corrected chi connectivity index (χ2v) is 6.66. The van der Waals surface area contributed by atoms with E-state index in [1.54, 1.807) is 26.0 Å². The van der Waals surface area contributed by atoms with E-state index >= 15 is 0 Å². The number of ether oxygens (including phenoxy) is 1. The number of hydrogen-bond donors (Lipinski definition) is 2. The van der Waals surface area contributed by atoms with Crippen molar-refractivity contribution >= 4 is 29.1 Å². The van der Waals surface area contributed by atoms with Crippen molar-refractivity contribution in [2.24, 2.45) is 0 Å². The SMILES string of the molecule is CCc1ccc(NC(=O)CN2C(=O)C(C)(C)Oc3ccc(N)nc32)cc1. The second kappa shape index (κ2) is 6.67. The number of amides is 2. The van der Waals surface area contributed by atoms with Crippen molar-refractivity contribution in [1.29, 1.82) is 0 Å². The zero-order valence-corrected chi connectivity index (χ0v) is 15.1. The van der Waals surface area contributed by atoms with Crippen molar-refractivity contribution in [3.8, 4) is 5.75 Å². The molecule has 136 valence electrons. The summed E-state index contributed by atoms with van der Waals surface area (Å²) in [6, 6.07) is 10.8. The van der Waals surface area contributed by atoms with E-state index in [4.69, 9.17) is 10.5 Å². The maximum Gasteiger partial charge on any atom is 0.272 e. The van der Waals surface area contributed by atoms with E-state index in [0.29, 0.717) is 11.4 Å². The number of aryl methyl sites for hydroxylation is 1. The summed E-state index contributed by atoms with van der Waals surface area (Å²) in [5.74, 6) is 0.255. The first-order chi connectivity index (χ1) is 12.3. The van der Waals surface area contributed by atoms with Crippen LogP contribution in [0.2, 0.25) is 0 Å². The number of rotatable bonds is 4. The predicted octanol–water partition coefficient (Wildman–Crippen LogP) is 2.37. The van der Waals surface area contributed by atoms with Crippen LogP contribution in [0.5, 0.6) is 5.75 Å². The number of benzene rings is 1. The molecule has 3 rings (SSSR count). The second-order valence-electron chi connectivity index (χ2n) is 6.66. The number of aromatic nitrogens is 1. The van der Waals surface area contributed by atoms with Gasteiger partial charge in [-0.2, -0.15) is 0 Å². The molecule has 3 N–H and O–H groups in total. The molecule has 1 aromatic carbocycles. The summed E-state index contributed by atoms with van der Waals surface area (Å²) < 4.78 is 5.70. The Hall–Kier alpha value is -3.09. The number of nitrogens with zero attached hydrogens (tertiary/aromatic N) is 2. The topological polar surface area (TPSA) is 97.5 Å². The van der Waals surface area contributed by atoms with Gasteiger partial charge in [-0.15, -0.1) is 0 Å². The van der Waals surface area contributed by atoms with Gasteiger partial charge in [0.1, 0.15) is 12.4 Å². The molecule has 0 unspecified atom stereocenters. The van der Waals surface area contributed by atoms with Gasteiger partial charge in [-0.25, -0.2) is 4.98 Å². The number of carbonyl (C=O) groups is 2. The highest BCUT2D eigenvalue weighted by atomic mass is 16.5. The van der Waals surface area contributed by atoms with E-state index in [9.17, 15) is 9.59 Å². The van der Waals surface area contributed by atoms with Crippen LogP contribution in [0.25, 0.3) is 0 Å². The molecular weight excluding hydrogens is 332 g/mol. The molecule has 0 fully saturated rings. The van der Waals surface area contributed by atoms with E-state index in [0.717, 1.165) is 6.42 Å². The zero-order chi connectivity index (χ0) is 18.9. The molecule has 0 saturated carbocycles. The average Bonchev–Trinajstić information content (AvgIpc) is 2.60. The standard InChI is InChI=1S/C19H22N4O3/c1-4-12-5-7-13(8-6-12)21-16(24)11-23-17-14(9-10-15(20)22-17)26-19(2,3)18(23)25/h5-10H,4,11H2,1-3H3,(H2,20,22)(H,21,24). The van der Waals surface area contributed by atoms with Crippen LogP contribution in [0, 0.1) is 0 Å². The fourth-order valence-electron chi connectivity index (χ4n) is 2.78. The van der Waals surface area contributed by atoms with E-state index < -0.39 is 5.60 Å². The van der Waals surface area contributed by atoms with Gasteiger partial charge in [-0.3, -0.25) is 14.5 Å².